The smallest absolute Gasteiger partial charge is 0.160 e. The van der Waals surface area contributed by atoms with Crippen LogP contribution in [0, 0.1) is 0 Å². The summed E-state index contributed by atoms with van der Waals surface area (Å²) in [6.45, 7) is 0. The lowest BCUT2D eigenvalue weighted by atomic mass is 9.95. The summed E-state index contributed by atoms with van der Waals surface area (Å²) in [5.74, 6) is 0.692. The fourth-order valence-corrected chi connectivity index (χ4v) is 7.29. The molecule has 2 heterocycles. The predicted octanol–water partition coefficient (Wildman–Crippen LogP) is 13.0. The number of hydrogen-bond acceptors (Lipinski definition) is 3. The zero-order chi connectivity index (χ0) is 33.7. The molecule has 0 amide bonds. The third kappa shape index (κ3) is 5.15. The van der Waals surface area contributed by atoms with Crippen LogP contribution in [0.2, 0.25) is 0 Å². The molecule has 8 aromatic carbocycles. The molecule has 51 heavy (non-hydrogen) atoms. The van der Waals surface area contributed by atoms with E-state index in [4.69, 9.17) is 14.4 Å². The van der Waals surface area contributed by atoms with Crippen LogP contribution in [0.3, 0.4) is 0 Å². The summed E-state index contributed by atoms with van der Waals surface area (Å²) in [5, 5.41) is 6.79. The van der Waals surface area contributed by atoms with Crippen LogP contribution >= 0.6 is 0 Å². The highest BCUT2D eigenvalue weighted by Crippen LogP contribution is 2.41. The van der Waals surface area contributed by atoms with E-state index >= 15 is 0 Å². The molecular formula is C48H30N2O. The molecule has 0 aliphatic rings. The third-order valence-corrected chi connectivity index (χ3v) is 9.86. The normalized spacial score (nSPS) is 11.5. The van der Waals surface area contributed by atoms with Gasteiger partial charge in [-0.1, -0.05) is 140 Å². The summed E-state index contributed by atoms with van der Waals surface area (Å²) in [5.41, 5.74) is 11.3. The first-order valence-corrected chi connectivity index (χ1v) is 17.2. The van der Waals surface area contributed by atoms with Crippen molar-refractivity contribution >= 4 is 43.5 Å². The van der Waals surface area contributed by atoms with Crippen LogP contribution in [0.25, 0.3) is 99.6 Å². The highest BCUT2D eigenvalue weighted by molar-refractivity contribution is 6.19. The van der Waals surface area contributed by atoms with Gasteiger partial charge in [0.25, 0.3) is 0 Å². The number of nitrogens with zero attached hydrogens (tertiary/aromatic N) is 2. The zero-order valence-corrected chi connectivity index (χ0v) is 27.6. The van der Waals surface area contributed by atoms with E-state index in [1.165, 1.54) is 38.4 Å². The second-order valence-corrected chi connectivity index (χ2v) is 13.0. The van der Waals surface area contributed by atoms with E-state index in [2.05, 4.69) is 164 Å². The van der Waals surface area contributed by atoms with Crippen LogP contribution in [-0.4, -0.2) is 9.97 Å². The standard InChI is InChI=1S/C48H30N2O/c1-4-12-31(13-5-1)34-20-21-36-27-37(23-22-35(36)26-34)44-30-45(50-48(49-44)33-16-8-3-9-17-33)38-24-25-46-42(28-38)43-29-41(32-14-6-2-7-15-32)39-18-10-11-19-40(39)47(43)51-46/h1-30H. The molecule has 0 aliphatic heterocycles. The first-order valence-electron chi connectivity index (χ1n) is 17.2. The van der Waals surface area contributed by atoms with Crippen LogP contribution in [0.15, 0.2) is 186 Å². The first-order chi connectivity index (χ1) is 25.2. The molecule has 10 rings (SSSR count). The lowest BCUT2D eigenvalue weighted by molar-refractivity contribution is 0.673. The zero-order valence-electron chi connectivity index (χ0n) is 27.6. The minimum Gasteiger partial charge on any atom is -0.455 e. The van der Waals surface area contributed by atoms with Crippen molar-refractivity contribution < 1.29 is 4.42 Å². The van der Waals surface area contributed by atoms with Crippen molar-refractivity contribution in [1.82, 2.24) is 9.97 Å². The summed E-state index contributed by atoms with van der Waals surface area (Å²) in [6, 6.07) is 63.9. The molecule has 0 radical (unpaired) electrons. The predicted molar refractivity (Wildman–Crippen MR) is 212 cm³/mol. The molecule has 0 bridgehead atoms. The molecule has 3 heteroatoms. The summed E-state index contributed by atoms with van der Waals surface area (Å²) in [4.78, 5) is 10.3. The van der Waals surface area contributed by atoms with Gasteiger partial charge in [0.1, 0.15) is 11.2 Å². The number of hydrogen-bond donors (Lipinski definition) is 0. The van der Waals surface area contributed by atoms with E-state index in [9.17, 15) is 0 Å². The van der Waals surface area contributed by atoms with Gasteiger partial charge in [-0.2, -0.15) is 0 Å². The van der Waals surface area contributed by atoms with Crippen molar-refractivity contribution in [2.24, 2.45) is 0 Å². The molecule has 0 saturated carbocycles. The van der Waals surface area contributed by atoms with Gasteiger partial charge in [0.2, 0.25) is 0 Å². The highest BCUT2D eigenvalue weighted by Gasteiger charge is 2.17. The van der Waals surface area contributed by atoms with Crippen molar-refractivity contribution in [2.45, 2.75) is 0 Å². The van der Waals surface area contributed by atoms with Crippen LogP contribution in [0.4, 0.5) is 0 Å². The Kier molecular flexibility index (Phi) is 6.81. The average Bonchev–Trinajstić information content (AvgIpc) is 3.59. The second kappa shape index (κ2) is 11.9. The Morgan fingerprint density at radius 2 is 0.882 bits per heavy atom. The van der Waals surface area contributed by atoms with Gasteiger partial charge in [0, 0.05) is 32.8 Å². The molecule has 238 valence electrons. The summed E-state index contributed by atoms with van der Waals surface area (Å²) in [7, 11) is 0. The Morgan fingerprint density at radius 1 is 0.333 bits per heavy atom. The monoisotopic (exact) mass is 650 g/mol. The average molecular weight is 651 g/mol. The quantitative estimate of drug-likeness (QED) is 0.186. The Morgan fingerprint density at radius 3 is 1.59 bits per heavy atom. The van der Waals surface area contributed by atoms with Crippen molar-refractivity contribution in [3.63, 3.8) is 0 Å². The lowest BCUT2D eigenvalue weighted by Gasteiger charge is -2.11. The fourth-order valence-electron chi connectivity index (χ4n) is 7.29. The van der Waals surface area contributed by atoms with Crippen molar-refractivity contribution in [1.29, 1.82) is 0 Å². The number of furan rings is 1. The summed E-state index contributed by atoms with van der Waals surface area (Å²) in [6.07, 6.45) is 0. The first kappa shape index (κ1) is 29.1. The lowest BCUT2D eigenvalue weighted by Crippen LogP contribution is -1.96. The van der Waals surface area contributed by atoms with Gasteiger partial charge in [-0.3, -0.25) is 0 Å². The number of aromatic nitrogens is 2. The minimum absolute atomic E-state index is 0.692. The molecule has 0 saturated heterocycles. The molecular weight excluding hydrogens is 621 g/mol. The van der Waals surface area contributed by atoms with E-state index in [0.717, 1.165) is 55.4 Å². The second-order valence-electron chi connectivity index (χ2n) is 13.0. The van der Waals surface area contributed by atoms with Gasteiger partial charge in [-0.25, -0.2) is 9.97 Å². The molecule has 3 nitrogen and oxygen atoms in total. The largest absolute Gasteiger partial charge is 0.455 e. The Labute approximate surface area is 295 Å². The maximum atomic E-state index is 6.58. The van der Waals surface area contributed by atoms with Crippen molar-refractivity contribution in [3.8, 4) is 56.2 Å². The maximum Gasteiger partial charge on any atom is 0.160 e. The molecule has 0 unspecified atom stereocenters. The minimum atomic E-state index is 0.692. The van der Waals surface area contributed by atoms with Gasteiger partial charge in [-0.15, -0.1) is 0 Å². The number of fused-ring (bicyclic) bond motifs is 6. The van der Waals surface area contributed by atoms with E-state index in [0.29, 0.717) is 5.82 Å². The van der Waals surface area contributed by atoms with Crippen LogP contribution in [0.1, 0.15) is 0 Å². The molecule has 0 spiro atoms. The summed E-state index contributed by atoms with van der Waals surface area (Å²) < 4.78 is 6.58. The Balaban J connectivity index is 1.14. The third-order valence-electron chi connectivity index (χ3n) is 9.86. The highest BCUT2D eigenvalue weighted by atomic mass is 16.3. The van der Waals surface area contributed by atoms with Gasteiger partial charge in [0.15, 0.2) is 5.82 Å². The Bertz CT molecular complexity index is 2890. The van der Waals surface area contributed by atoms with Crippen LogP contribution < -0.4 is 0 Å². The van der Waals surface area contributed by atoms with E-state index in [1.54, 1.807) is 0 Å². The van der Waals surface area contributed by atoms with Crippen molar-refractivity contribution in [3.05, 3.63) is 182 Å². The maximum absolute atomic E-state index is 6.58. The fraction of sp³-hybridized carbons (Fsp3) is 0. The topological polar surface area (TPSA) is 38.9 Å². The molecule has 2 aromatic heterocycles. The molecule has 0 fully saturated rings. The molecule has 0 N–H and O–H groups in total. The molecule has 0 aliphatic carbocycles. The number of rotatable bonds is 5. The van der Waals surface area contributed by atoms with Gasteiger partial charge in [-0.05, 0) is 80.9 Å². The molecule has 10 aromatic rings. The molecule has 0 atom stereocenters. The van der Waals surface area contributed by atoms with Crippen LogP contribution in [-0.2, 0) is 0 Å². The summed E-state index contributed by atoms with van der Waals surface area (Å²) >= 11 is 0. The SMILES string of the molecule is c1ccc(-c2ccc3cc(-c4cc(-c5ccc6oc7c8ccccc8c(-c8ccccc8)cc7c6c5)nc(-c5ccccc5)n4)ccc3c2)cc1. The van der Waals surface area contributed by atoms with Crippen molar-refractivity contribution in [2.75, 3.05) is 0 Å². The Hall–Kier alpha value is -6.84. The van der Waals surface area contributed by atoms with Gasteiger partial charge < -0.3 is 4.42 Å². The van der Waals surface area contributed by atoms with E-state index < -0.39 is 0 Å². The van der Waals surface area contributed by atoms with Crippen LogP contribution in [0.5, 0.6) is 0 Å². The van der Waals surface area contributed by atoms with E-state index in [1.807, 2.05) is 18.2 Å². The van der Waals surface area contributed by atoms with Gasteiger partial charge in [0.05, 0.1) is 11.4 Å². The van der Waals surface area contributed by atoms with E-state index in [-0.39, 0.29) is 0 Å². The van der Waals surface area contributed by atoms with Gasteiger partial charge >= 0.3 is 0 Å². The number of benzene rings is 8.